The second-order valence-corrected chi connectivity index (χ2v) is 8.28. The maximum Gasteiger partial charge on any atom is 0.319 e. The number of ether oxygens (including phenoxy) is 4. The molecule has 0 saturated carbocycles. The number of hydrogen-bond acceptors (Lipinski definition) is 6. The highest BCUT2D eigenvalue weighted by molar-refractivity contribution is 6.07. The Morgan fingerprint density at radius 1 is 0.892 bits per heavy atom. The number of nitrogens with one attached hydrogen (secondary N) is 3. The minimum absolute atomic E-state index is 0.330. The molecule has 0 unspecified atom stereocenters. The number of allylic oxidation sites excluding steroid dienone is 1. The number of carbonyl (C=O) groups excluding carboxylic acids is 2. The number of hydrogen-bond donors (Lipinski definition) is 3. The lowest BCUT2D eigenvalue weighted by molar-refractivity contribution is -0.113. The van der Waals surface area contributed by atoms with Gasteiger partial charge < -0.3 is 34.9 Å². The molecule has 4 rings (SSSR count). The van der Waals surface area contributed by atoms with Crippen molar-refractivity contribution in [2.24, 2.45) is 0 Å². The standard InChI is InChI=1S/C28H29N3O6/c1-17-25(27(32)30-21-15-20(34-2)11-13-22(21)35-3)26(31-28(33)29-17)19-10-12-23(36-4)24(14-19)37-16-18-8-6-5-7-9-18/h5-15,26H,16H2,1-4H3,(H,30,32)(H2,29,31,33)/t26-/m1/s1. The molecule has 1 atom stereocenters. The molecule has 0 radical (unpaired) electrons. The highest BCUT2D eigenvalue weighted by Crippen LogP contribution is 2.36. The summed E-state index contributed by atoms with van der Waals surface area (Å²) in [6.07, 6.45) is 0. The van der Waals surface area contributed by atoms with Gasteiger partial charge in [-0.2, -0.15) is 0 Å². The van der Waals surface area contributed by atoms with E-state index >= 15 is 0 Å². The summed E-state index contributed by atoms with van der Waals surface area (Å²) in [5.74, 6) is 1.64. The SMILES string of the molecule is COc1ccc(OC)c(NC(=O)C2=C(C)NC(=O)N[C@@H]2c2ccc(OC)c(OCc3ccccc3)c2)c1. The highest BCUT2D eigenvalue weighted by Gasteiger charge is 2.32. The summed E-state index contributed by atoms with van der Waals surface area (Å²) < 4.78 is 22.2. The van der Waals surface area contributed by atoms with Crippen molar-refractivity contribution in [2.45, 2.75) is 19.6 Å². The normalized spacial score (nSPS) is 14.8. The van der Waals surface area contributed by atoms with Crippen LogP contribution in [-0.4, -0.2) is 33.3 Å². The van der Waals surface area contributed by atoms with Crippen LogP contribution >= 0.6 is 0 Å². The molecule has 1 heterocycles. The summed E-state index contributed by atoms with van der Waals surface area (Å²) in [5.41, 5.74) is 2.85. The smallest absolute Gasteiger partial charge is 0.319 e. The summed E-state index contributed by atoms with van der Waals surface area (Å²) >= 11 is 0. The zero-order valence-electron chi connectivity index (χ0n) is 21.1. The molecule has 3 aromatic carbocycles. The second-order valence-electron chi connectivity index (χ2n) is 8.28. The highest BCUT2D eigenvalue weighted by atomic mass is 16.5. The molecule has 9 heteroatoms. The summed E-state index contributed by atoms with van der Waals surface area (Å²) in [7, 11) is 4.61. The Morgan fingerprint density at radius 2 is 1.62 bits per heavy atom. The summed E-state index contributed by atoms with van der Waals surface area (Å²) in [6, 6.07) is 19.0. The Labute approximate surface area is 215 Å². The van der Waals surface area contributed by atoms with Crippen molar-refractivity contribution in [3.8, 4) is 23.0 Å². The van der Waals surface area contributed by atoms with Gasteiger partial charge >= 0.3 is 6.03 Å². The number of benzene rings is 3. The lowest BCUT2D eigenvalue weighted by Crippen LogP contribution is -2.46. The Kier molecular flexibility index (Phi) is 7.83. The van der Waals surface area contributed by atoms with Crippen LogP contribution in [0.1, 0.15) is 24.1 Å². The van der Waals surface area contributed by atoms with Gasteiger partial charge in [-0.25, -0.2) is 4.79 Å². The average molecular weight is 504 g/mol. The van der Waals surface area contributed by atoms with Crippen molar-refractivity contribution < 1.29 is 28.5 Å². The molecule has 0 bridgehead atoms. The number of methoxy groups -OCH3 is 3. The van der Waals surface area contributed by atoms with Gasteiger partial charge in [-0.1, -0.05) is 36.4 Å². The molecule has 3 N–H and O–H groups in total. The fourth-order valence-corrected chi connectivity index (χ4v) is 4.07. The number of rotatable bonds is 9. The van der Waals surface area contributed by atoms with Crippen molar-refractivity contribution in [1.82, 2.24) is 10.6 Å². The zero-order chi connectivity index (χ0) is 26.4. The van der Waals surface area contributed by atoms with Gasteiger partial charge in [0.15, 0.2) is 11.5 Å². The minimum Gasteiger partial charge on any atom is -0.497 e. The van der Waals surface area contributed by atoms with Gasteiger partial charge in [0.2, 0.25) is 0 Å². The summed E-state index contributed by atoms with van der Waals surface area (Å²) in [5, 5.41) is 8.42. The van der Waals surface area contributed by atoms with E-state index in [1.54, 1.807) is 50.4 Å². The Morgan fingerprint density at radius 3 is 2.32 bits per heavy atom. The van der Waals surface area contributed by atoms with E-state index < -0.39 is 18.0 Å². The topological polar surface area (TPSA) is 107 Å². The quantitative estimate of drug-likeness (QED) is 0.395. The van der Waals surface area contributed by atoms with E-state index in [1.807, 2.05) is 30.3 Å². The molecular weight excluding hydrogens is 474 g/mol. The first kappa shape index (κ1) is 25.4. The second kappa shape index (κ2) is 11.4. The van der Waals surface area contributed by atoms with Gasteiger partial charge in [0, 0.05) is 11.8 Å². The van der Waals surface area contributed by atoms with E-state index in [-0.39, 0.29) is 0 Å². The molecule has 0 aliphatic carbocycles. The predicted molar refractivity (Wildman–Crippen MR) is 139 cm³/mol. The first-order valence-corrected chi connectivity index (χ1v) is 11.6. The fraction of sp³-hybridized carbons (Fsp3) is 0.214. The van der Waals surface area contributed by atoms with Crippen LogP contribution in [0.4, 0.5) is 10.5 Å². The summed E-state index contributed by atoms with van der Waals surface area (Å²) in [4.78, 5) is 25.9. The molecule has 3 amide bonds. The largest absolute Gasteiger partial charge is 0.497 e. The van der Waals surface area contributed by atoms with Gasteiger partial charge in [-0.05, 0) is 42.3 Å². The van der Waals surface area contributed by atoms with Gasteiger partial charge in [0.1, 0.15) is 18.1 Å². The van der Waals surface area contributed by atoms with E-state index in [2.05, 4.69) is 16.0 Å². The maximum absolute atomic E-state index is 13.5. The van der Waals surface area contributed by atoms with Crippen molar-refractivity contribution >= 4 is 17.6 Å². The third-order valence-corrected chi connectivity index (χ3v) is 5.93. The Hall–Kier alpha value is -4.66. The molecule has 3 aromatic rings. The van der Waals surface area contributed by atoms with Crippen LogP contribution in [0.15, 0.2) is 78.0 Å². The van der Waals surface area contributed by atoms with Crippen LogP contribution < -0.4 is 34.9 Å². The van der Waals surface area contributed by atoms with Crippen molar-refractivity contribution in [1.29, 1.82) is 0 Å². The van der Waals surface area contributed by atoms with E-state index in [0.29, 0.717) is 52.1 Å². The lowest BCUT2D eigenvalue weighted by atomic mass is 9.94. The Balaban J connectivity index is 1.66. The lowest BCUT2D eigenvalue weighted by Gasteiger charge is -2.29. The molecule has 1 aliphatic rings. The summed E-state index contributed by atoms with van der Waals surface area (Å²) in [6.45, 7) is 2.01. The molecular formula is C28H29N3O6. The maximum atomic E-state index is 13.5. The third-order valence-electron chi connectivity index (χ3n) is 5.93. The fourth-order valence-electron chi connectivity index (χ4n) is 4.07. The predicted octanol–water partition coefficient (Wildman–Crippen LogP) is 4.56. The van der Waals surface area contributed by atoms with Crippen LogP contribution in [0.2, 0.25) is 0 Å². The van der Waals surface area contributed by atoms with E-state index in [0.717, 1.165) is 5.56 Å². The van der Waals surface area contributed by atoms with Gasteiger partial charge in [-0.3, -0.25) is 4.79 Å². The Bertz CT molecular complexity index is 1320. The van der Waals surface area contributed by atoms with Gasteiger partial charge in [0.05, 0.1) is 38.6 Å². The third kappa shape index (κ3) is 5.78. The average Bonchev–Trinajstić information content (AvgIpc) is 2.91. The van der Waals surface area contributed by atoms with Crippen molar-refractivity contribution in [3.63, 3.8) is 0 Å². The molecule has 0 fully saturated rings. The van der Waals surface area contributed by atoms with Crippen LogP contribution in [0, 0.1) is 0 Å². The van der Waals surface area contributed by atoms with Crippen LogP contribution in [0.3, 0.4) is 0 Å². The monoisotopic (exact) mass is 503 g/mol. The number of anilines is 1. The van der Waals surface area contributed by atoms with Crippen LogP contribution in [0.25, 0.3) is 0 Å². The van der Waals surface area contributed by atoms with Crippen molar-refractivity contribution in [3.05, 3.63) is 89.1 Å². The molecule has 0 aromatic heterocycles. The molecule has 9 nitrogen and oxygen atoms in total. The van der Waals surface area contributed by atoms with Crippen LogP contribution in [-0.2, 0) is 11.4 Å². The van der Waals surface area contributed by atoms with Gasteiger partial charge in [-0.15, -0.1) is 0 Å². The minimum atomic E-state index is -0.740. The molecule has 37 heavy (non-hydrogen) atoms. The van der Waals surface area contributed by atoms with E-state index in [4.69, 9.17) is 18.9 Å². The van der Waals surface area contributed by atoms with Crippen molar-refractivity contribution in [2.75, 3.05) is 26.6 Å². The number of carbonyl (C=O) groups is 2. The van der Waals surface area contributed by atoms with Crippen LogP contribution in [0.5, 0.6) is 23.0 Å². The zero-order valence-corrected chi connectivity index (χ0v) is 21.1. The number of amides is 3. The molecule has 0 spiro atoms. The van der Waals surface area contributed by atoms with Gasteiger partial charge in [0.25, 0.3) is 5.91 Å². The number of urea groups is 1. The molecule has 1 aliphatic heterocycles. The molecule has 0 saturated heterocycles. The molecule has 192 valence electrons. The van der Waals surface area contributed by atoms with E-state index in [9.17, 15) is 9.59 Å². The first-order valence-electron chi connectivity index (χ1n) is 11.6. The van der Waals surface area contributed by atoms with E-state index in [1.165, 1.54) is 14.2 Å². The first-order chi connectivity index (χ1) is 17.9.